The summed E-state index contributed by atoms with van der Waals surface area (Å²) in [6.45, 7) is 3.21. The normalized spacial score (nSPS) is 14.3. The number of halogens is 2. The van der Waals surface area contributed by atoms with Gasteiger partial charge in [0.05, 0.1) is 29.8 Å². The SMILES string of the molecule is O=C(CCCc1ccc(Cl)c(Cl)c1)Nc1ccc(NC(=O)CN2CCOCC2)cc1. The zero-order valence-electron chi connectivity index (χ0n) is 16.6. The topological polar surface area (TPSA) is 70.7 Å². The van der Waals surface area contributed by atoms with Gasteiger partial charge in [-0.25, -0.2) is 0 Å². The van der Waals surface area contributed by atoms with Crippen molar-refractivity contribution in [2.45, 2.75) is 19.3 Å². The smallest absolute Gasteiger partial charge is 0.238 e. The van der Waals surface area contributed by atoms with Crippen molar-refractivity contribution in [1.82, 2.24) is 4.90 Å². The van der Waals surface area contributed by atoms with E-state index in [2.05, 4.69) is 15.5 Å². The van der Waals surface area contributed by atoms with Crippen molar-refractivity contribution in [1.29, 1.82) is 0 Å². The van der Waals surface area contributed by atoms with Crippen LogP contribution in [-0.2, 0) is 20.7 Å². The van der Waals surface area contributed by atoms with Gasteiger partial charge < -0.3 is 15.4 Å². The molecule has 30 heavy (non-hydrogen) atoms. The maximum atomic E-state index is 12.2. The zero-order valence-corrected chi connectivity index (χ0v) is 18.1. The van der Waals surface area contributed by atoms with Crippen molar-refractivity contribution in [3.05, 3.63) is 58.1 Å². The maximum absolute atomic E-state index is 12.2. The van der Waals surface area contributed by atoms with E-state index >= 15 is 0 Å². The fraction of sp³-hybridized carbons (Fsp3) is 0.364. The number of nitrogens with one attached hydrogen (secondary N) is 2. The summed E-state index contributed by atoms with van der Waals surface area (Å²) in [5.74, 6) is -0.116. The molecule has 160 valence electrons. The van der Waals surface area contributed by atoms with Crippen molar-refractivity contribution in [3.63, 3.8) is 0 Å². The standard InChI is InChI=1S/C22H25Cl2N3O3/c23-19-9-4-16(14-20(19)24)2-1-3-21(28)25-17-5-7-18(8-6-17)26-22(29)15-27-10-12-30-13-11-27/h4-9,14H,1-3,10-13,15H2,(H,25,28)(H,26,29). The Hall–Kier alpha value is -2.12. The van der Waals surface area contributed by atoms with Gasteiger partial charge >= 0.3 is 0 Å². The van der Waals surface area contributed by atoms with Gasteiger partial charge in [0.15, 0.2) is 0 Å². The van der Waals surface area contributed by atoms with E-state index < -0.39 is 0 Å². The Morgan fingerprint density at radius 3 is 2.17 bits per heavy atom. The van der Waals surface area contributed by atoms with Crippen LogP contribution in [0.2, 0.25) is 10.0 Å². The van der Waals surface area contributed by atoms with Gasteiger partial charge in [0.2, 0.25) is 11.8 Å². The van der Waals surface area contributed by atoms with Gasteiger partial charge in [-0.05, 0) is 54.8 Å². The molecule has 2 aromatic carbocycles. The largest absolute Gasteiger partial charge is 0.379 e. The summed E-state index contributed by atoms with van der Waals surface area (Å²) in [6, 6.07) is 12.6. The van der Waals surface area contributed by atoms with Crippen LogP contribution in [0.1, 0.15) is 18.4 Å². The predicted octanol–water partition coefficient (Wildman–Crippen LogP) is 4.23. The summed E-state index contributed by atoms with van der Waals surface area (Å²) in [7, 11) is 0. The molecule has 0 saturated carbocycles. The molecule has 0 bridgehead atoms. The van der Waals surface area contributed by atoms with E-state index in [0.717, 1.165) is 25.1 Å². The predicted molar refractivity (Wildman–Crippen MR) is 120 cm³/mol. The van der Waals surface area contributed by atoms with Crippen molar-refractivity contribution in [3.8, 4) is 0 Å². The second-order valence-corrected chi connectivity index (χ2v) is 7.98. The number of carbonyl (C=O) groups is 2. The Morgan fingerprint density at radius 2 is 1.53 bits per heavy atom. The molecule has 1 fully saturated rings. The van der Waals surface area contributed by atoms with Crippen LogP contribution in [0.4, 0.5) is 11.4 Å². The Bertz CT molecular complexity index is 868. The molecule has 0 aliphatic carbocycles. The second-order valence-electron chi connectivity index (χ2n) is 7.16. The Balaban J connectivity index is 1.39. The Kier molecular flexibility index (Phi) is 8.51. The monoisotopic (exact) mass is 449 g/mol. The van der Waals surface area contributed by atoms with Crippen LogP contribution in [0.3, 0.4) is 0 Å². The van der Waals surface area contributed by atoms with Gasteiger partial charge in [-0.2, -0.15) is 0 Å². The van der Waals surface area contributed by atoms with E-state index in [1.165, 1.54) is 0 Å². The Morgan fingerprint density at radius 1 is 0.900 bits per heavy atom. The minimum Gasteiger partial charge on any atom is -0.379 e. The van der Waals surface area contributed by atoms with E-state index in [4.69, 9.17) is 27.9 Å². The summed E-state index contributed by atoms with van der Waals surface area (Å²) >= 11 is 11.9. The lowest BCUT2D eigenvalue weighted by Crippen LogP contribution is -2.41. The third-order valence-corrected chi connectivity index (χ3v) is 5.52. The first-order valence-electron chi connectivity index (χ1n) is 9.93. The molecule has 6 nitrogen and oxygen atoms in total. The number of nitrogens with zero attached hydrogens (tertiary/aromatic N) is 1. The van der Waals surface area contributed by atoms with Crippen molar-refractivity contribution in [2.24, 2.45) is 0 Å². The van der Waals surface area contributed by atoms with Gasteiger partial charge in [-0.1, -0.05) is 29.3 Å². The molecule has 2 N–H and O–H groups in total. The molecule has 3 rings (SSSR count). The molecular formula is C22H25Cl2N3O3. The van der Waals surface area contributed by atoms with Crippen molar-refractivity contribution >= 4 is 46.4 Å². The molecule has 0 atom stereocenters. The average molecular weight is 450 g/mol. The maximum Gasteiger partial charge on any atom is 0.238 e. The van der Waals surface area contributed by atoms with Crippen molar-refractivity contribution in [2.75, 3.05) is 43.5 Å². The lowest BCUT2D eigenvalue weighted by atomic mass is 10.1. The quantitative estimate of drug-likeness (QED) is 0.632. The first-order valence-corrected chi connectivity index (χ1v) is 10.7. The summed E-state index contributed by atoms with van der Waals surface area (Å²) < 4.78 is 5.28. The van der Waals surface area contributed by atoms with Crippen LogP contribution in [-0.4, -0.2) is 49.6 Å². The Labute approximate surface area is 186 Å². The van der Waals surface area contributed by atoms with Gasteiger partial charge in [0.1, 0.15) is 0 Å². The average Bonchev–Trinajstić information content (AvgIpc) is 2.73. The van der Waals surface area contributed by atoms with E-state index in [-0.39, 0.29) is 11.8 Å². The van der Waals surface area contributed by atoms with Crippen molar-refractivity contribution < 1.29 is 14.3 Å². The van der Waals surface area contributed by atoms with Gasteiger partial charge in [-0.15, -0.1) is 0 Å². The van der Waals surface area contributed by atoms with Gasteiger partial charge in [0, 0.05) is 30.9 Å². The highest BCUT2D eigenvalue weighted by Gasteiger charge is 2.14. The number of hydrogen-bond acceptors (Lipinski definition) is 4. The third kappa shape index (κ3) is 7.29. The molecular weight excluding hydrogens is 425 g/mol. The van der Waals surface area contributed by atoms with E-state index in [1.54, 1.807) is 30.3 Å². The van der Waals surface area contributed by atoms with Crippen LogP contribution in [0.15, 0.2) is 42.5 Å². The molecule has 1 heterocycles. The molecule has 0 radical (unpaired) electrons. The number of ether oxygens (including phenoxy) is 1. The molecule has 2 amide bonds. The van der Waals surface area contributed by atoms with E-state index in [9.17, 15) is 9.59 Å². The lowest BCUT2D eigenvalue weighted by Gasteiger charge is -2.25. The molecule has 0 spiro atoms. The number of aryl methyl sites for hydroxylation is 1. The van der Waals surface area contributed by atoms with Crippen LogP contribution in [0, 0.1) is 0 Å². The van der Waals surface area contributed by atoms with E-state index in [1.807, 2.05) is 12.1 Å². The summed E-state index contributed by atoms with van der Waals surface area (Å²) in [6.07, 6.45) is 1.86. The first kappa shape index (κ1) is 22.6. The summed E-state index contributed by atoms with van der Waals surface area (Å²) in [5.41, 5.74) is 2.45. The molecule has 0 unspecified atom stereocenters. The number of rotatable bonds is 8. The van der Waals surface area contributed by atoms with Crippen LogP contribution >= 0.6 is 23.2 Å². The fourth-order valence-corrected chi connectivity index (χ4v) is 3.49. The lowest BCUT2D eigenvalue weighted by molar-refractivity contribution is -0.118. The van der Waals surface area contributed by atoms with E-state index in [0.29, 0.717) is 54.0 Å². The number of anilines is 2. The number of carbonyl (C=O) groups excluding carboxylic acids is 2. The minimum atomic E-state index is -0.0593. The highest BCUT2D eigenvalue weighted by Crippen LogP contribution is 2.23. The highest BCUT2D eigenvalue weighted by atomic mass is 35.5. The highest BCUT2D eigenvalue weighted by molar-refractivity contribution is 6.42. The number of morpholine rings is 1. The summed E-state index contributed by atoms with van der Waals surface area (Å²) in [5, 5.41) is 6.80. The van der Waals surface area contributed by atoms with Crippen LogP contribution in [0.5, 0.6) is 0 Å². The fourth-order valence-electron chi connectivity index (χ4n) is 3.17. The molecule has 1 aliphatic rings. The minimum absolute atomic E-state index is 0.0563. The number of amides is 2. The third-order valence-electron chi connectivity index (χ3n) is 4.78. The molecule has 8 heteroatoms. The zero-order chi connectivity index (χ0) is 21.3. The molecule has 2 aromatic rings. The molecule has 1 aliphatic heterocycles. The number of hydrogen-bond donors (Lipinski definition) is 2. The van der Waals surface area contributed by atoms with Crippen LogP contribution < -0.4 is 10.6 Å². The number of benzene rings is 2. The first-order chi connectivity index (χ1) is 14.5. The second kappa shape index (κ2) is 11.3. The summed E-state index contributed by atoms with van der Waals surface area (Å²) in [4.78, 5) is 26.4. The molecule has 1 saturated heterocycles. The van der Waals surface area contributed by atoms with Gasteiger partial charge in [0.25, 0.3) is 0 Å². The van der Waals surface area contributed by atoms with Gasteiger partial charge in [-0.3, -0.25) is 14.5 Å². The molecule has 0 aromatic heterocycles. The van der Waals surface area contributed by atoms with Crippen LogP contribution in [0.25, 0.3) is 0 Å².